The number of benzene rings is 3. The van der Waals surface area contributed by atoms with E-state index in [4.69, 9.17) is 4.74 Å². The molecule has 0 aliphatic carbocycles. The van der Waals surface area contributed by atoms with Crippen molar-refractivity contribution in [1.82, 2.24) is 5.32 Å². The monoisotopic (exact) mass is 313 g/mol. The van der Waals surface area contributed by atoms with Gasteiger partial charge in [0, 0.05) is 11.1 Å². The number of rotatable bonds is 3. The Morgan fingerprint density at radius 3 is 1.88 bits per heavy atom. The lowest BCUT2D eigenvalue weighted by atomic mass is 10.0. The summed E-state index contributed by atoms with van der Waals surface area (Å²) >= 11 is 0. The van der Waals surface area contributed by atoms with Crippen molar-refractivity contribution in [1.29, 1.82) is 0 Å². The summed E-state index contributed by atoms with van der Waals surface area (Å²) < 4.78 is 6.16. The van der Waals surface area contributed by atoms with Crippen molar-refractivity contribution in [3.05, 3.63) is 102 Å². The van der Waals surface area contributed by atoms with Crippen molar-refractivity contribution in [2.45, 2.75) is 13.2 Å². The minimum atomic E-state index is -0.116. The minimum absolute atomic E-state index is 0.116. The first kappa shape index (κ1) is 14.6. The lowest BCUT2D eigenvalue weighted by Gasteiger charge is -2.13. The van der Waals surface area contributed by atoms with Gasteiger partial charge in [0.2, 0.25) is 0 Å². The second kappa shape index (κ2) is 6.25. The van der Waals surface area contributed by atoms with Gasteiger partial charge in [-0.1, -0.05) is 84.9 Å². The molecular weight excluding hydrogens is 294 g/mol. The van der Waals surface area contributed by atoms with Crippen LogP contribution in [0.25, 0.3) is 16.9 Å². The Morgan fingerprint density at radius 1 is 0.667 bits per heavy atom. The van der Waals surface area contributed by atoms with Crippen molar-refractivity contribution in [3.63, 3.8) is 0 Å². The van der Waals surface area contributed by atoms with E-state index in [2.05, 4.69) is 72.9 Å². The molecule has 0 amide bonds. The Morgan fingerprint density at radius 2 is 1.21 bits per heavy atom. The summed E-state index contributed by atoms with van der Waals surface area (Å²) in [6.45, 7) is 2.06. The van der Waals surface area contributed by atoms with E-state index in [1.165, 1.54) is 11.1 Å². The van der Waals surface area contributed by atoms with E-state index in [-0.39, 0.29) is 6.23 Å². The fourth-order valence-corrected chi connectivity index (χ4v) is 3.01. The van der Waals surface area contributed by atoms with Gasteiger partial charge in [0.1, 0.15) is 5.76 Å². The van der Waals surface area contributed by atoms with Gasteiger partial charge in [0.05, 0.1) is 5.70 Å². The van der Waals surface area contributed by atoms with Crippen LogP contribution < -0.4 is 5.32 Å². The first-order valence-electron chi connectivity index (χ1n) is 8.16. The highest BCUT2D eigenvalue weighted by molar-refractivity contribution is 5.69. The van der Waals surface area contributed by atoms with Crippen molar-refractivity contribution in [2.75, 3.05) is 0 Å². The Labute approximate surface area is 142 Å². The van der Waals surface area contributed by atoms with Gasteiger partial charge in [-0.2, -0.15) is 0 Å². The van der Waals surface area contributed by atoms with Gasteiger partial charge in [0.25, 0.3) is 0 Å². The SMILES string of the molecule is CC1=C(c2ccc(-c3ccccc3)cc2)OC(c2ccccc2)N1. The molecule has 1 unspecified atom stereocenters. The van der Waals surface area contributed by atoms with Crippen LogP contribution in [0.4, 0.5) is 0 Å². The van der Waals surface area contributed by atoms with Crippen LogP contribution in [-0.4, -0.2) is 0 Å². The highest BCUT2D eigenvalue weighted by Gasteiger charge is 2.24. The molecule has 0 fully saturated rings. The molecule has 3 aromatic carbocycles. The fourth-order valence-electron chi connectivity index (χ4n) is 3.01. The van der Waals surface area contributed by atoms with Gasteiger partial charge < -0.3 is 10.1 Å². The lowest BCUT2D eigenvalue weighted by Crippen LogP contribution is -2.13. The van der Waals surface area contributed by atoms with Crippen molar-refractivity contribution >= 4 is 5.76 Å². The quantitative estimate of drug-likeness (QED) is 0.702. The van der Waals surface area contributed by atoms with Crippen LogP contribution in [0.2, 0.25) is 0 Å². The van der Waals surface area contributed by atoms with Gasteiger partial charge in [-0.25, -0.2) is 0 Å². The van der Waals surface area contributed by atoms with E-state index in [9.17, 15) is 0 Å². The molecular formula is C22H19NO. The molecule has 2 heteroatoms. The number of nitrogens with one attached hydrogen (secondary N) is 1. The van der Waals surface area contributed by atoms with E-state index in [1.807, 2.05) is 24.3 Å². The average molecular weight is 313 g/mol. The normalized spacial score (nSPS) is 16.6. The Balaban J connectivity index is 1.57. The van der Waals surface area contributed by atoms with Gasteiger partial charge in [-0.15, -0.1) is 0 Å². The first-order valence-corrected chi connectivity index (χ1v) is 8.16. The largest absolute Gasteiger partial charge is 0.464 e. The molecule has 1 atom stereocenters. The summed E-state index contributed by atoms with van der Waals surface area (Å²) in [5.41, 5.74) is 5.73. The predicted octanol–water partition coefficient (Wildman–Crippen LogP) is 5.36. The number of ether oxygens (including phenoxy) is 1. The van der Waals surface area contributed by atoms with Crippen LogP contribution in [0, 0.1) is 0 Å². The average Bonchev–Trinajstić information content (AvgIpc) is 3.05. The third-order valence-electron chi connectivity index (χ3n) is 4.28. The van der Waals surface area contributed by atoms with E-state index in [0.29, 0.717) is 0 Å². The minimum Gasteiger partial charge on any atom is -0.464 e. The summed E-state index contributed by atoms with van der Waals surface area (Å²) in [6.07, 6.45) is -0.116. The molecule has 0 radical (unpaired) electrons. The van der Waals surface area contributed by atoms with Crippen LogP contribution >= 0.6 is 0 Å². The Kier molecular flexibility index (Phi) is 3.80. The van der Waals surface area contributed by atoms with Crippen molar-refractivity contribution in [2.24, 2.45) is 0 Å². The molecule has 0 saturated heterocycles. The summed E-state index contributed by atoms with van der Waals surface area (Å²) in [6, 6.07) is 29.2. The molecule has 1 aliphatic rings. The maximum Gasteiger partial charge on any atom is 0.196 e. The van der Waals surface area contributed by atoms with Crippen LogP contribution in [0.1, 0.15) is 24.3 Å². The number of hydrogen-bond acceptors (Lipinski definition) is 2. The maximum absolute atomic E-state index is 6.16. The molecule has 24 heavy (non-hydrogen) atoms. The molecule has 2 nitrogen and oxygen atoms in total. The number of hydrogen-bond donors (Lipinski definition) is 1. The summed E-state index contributed by atoms with van der Waals surface area (Å²) in [4.78, 5) is 0. The van der Waals surface area contributed by atoms with E-state index in [1.54, 1.807) is 0 Å². The van der Waals surface area contributed by atoms with Gasteiger partial charge in [0.15, 0.2) is 6.23 Å². The predicted molar refractivity (Wildman–Crippen MR) is 97.9 cm³/mol. The Hall–Kier alpha value is -3.00. The molecule has 0 bridgehead atoms. The van der Waals surface area contributed by atoms with Crippen LogP contribution in [0.3, 0.4) is 0 Å². The molecule has 0 saturated carbocycles. The third kappa shape index (κ3) is 2.79. The molecule has 0 aromatic heterocycles. The summed E-state index contributed by atoms with van der Waals surface area (Å²) in [5.74, 6) is 0.920. The topological polar surface area (TPSA) is 21.3 Å². The van der Waals surface area contributed by atoms with Crippen molar-refractivity contribution < 1.29 is 4.74 Å². The zero-order valence-electron chi connectivity index (χ0n) is 13.6. The molecule has 1 aliphatic heterocycles. The van der Waals surface area contributed by atoms with E-state index in [0.717, 1.165) is 22.6 Å². The maximum atomic E-state index is 6.16. The summed E-state index contributed by atoms with van der Waals surface area (Å²) in [5, 5.41) is 3.42. The molecule has 1 heterocycles. The highest BCUT2D eigenvalue weighted by atomic mass is 16.5. The lowest BCUT2D eigenvalue weighted by molar-refractivity contribution is 0.173. The zero-order valence-corrected chi connectivity index (χ0v) is 13.6. The second-order valence-corrected chi connectivity index (χ2v) is 5.95. The fraction of sp³-hybridized carbons (Fsp3) is 0.0909. The van der Waals surface area contributed by atoms with Crippen molar-refractivity contribution in [3.8, 4) is 11.1 Å². The standard InChI is InChI=1S/C22H19NO/c1-16-21(24-22(23-16)20-10-6-3-7-11-20)19-14-12-18(13-15-19)17-8-4-2-5-9-17/h2-15,22-23H,1H3. The smallest absolute Gasteiger partial charge is 0.196 e. The molecule has 0 spiro atoms. The van der Waals surface area contributed by atoms with E-state index >= 15 is 0 Å². The molecule has 1 N–H and O–H groups in total. The van der Waals surface area contributed by atoms with Crippen LogP contribution in [0.15, 0.2) is 90.6 Å². The number of allylic oxidation sites excluding steroid dienone is 1. The van der Waals surface area contributed by atoms with Crippen LogP contribution in [0.5, 0.6) is 0 Å². The molecule has 4 rings (SSSR count). The Bertz CT molecular complexity index is 851. The highest BCUT2D eigenvalue weighted by Crippen LogP contribution is 2.33. The molecule has 118 valence electrons. The third-order valence-corrected chi connectivity index (χ3v) is 4.28. The molecule has 3 aromatic rings. The summed E-state index contributed by atoms with van der Waals surface area (Å²) in [7, 11) is 0. The van der Waals surface area contributed by atoms with Gasteiger partial charge in [-0.3, -0.25) is 0 Å². The van der Waals surface area contributed by atoms with E-state index < -0.39 is 0 Å². The zero-order chi connectivity index (χ0) is 16.4. The van der Waals surface area contributed by atoms with Crippen LogP contribution in [-0.2, 0) is 4.74 Å². The second-order valence-electron chi connectivity index (χ2n) is 5.95. The van der Waals surface area contributed by atoms with Gasteiger partial charge >= 0.3 is 0 Å². The van der Waals surface area contributed by atoms with Gasteiger partial charge in [-0.05, 0) is 18.1 Å². The first-order chi connectivity index (χ1) is 11.8.